The first-order chi connectivity index (χ1) is 6.29. The van der Waals surface area contributed by atoms with Crippen molar-refractivity contribution in [2.45, 2.75) is 38.8 Å². The summed E-state index contributed by atoms with van der Waals surface area (Å²) in [5.41, 5.74) is 0. The van der Waals surface area contributed by atoms with Crippen LogP contribution in [0.5, 0.6) is 0 Å². The Morgan fingerprint density at radius 2 is 2.46 bits per heavy atom. The summed E-state index contributed by atoms with van der Waals surface area (Å²) in [6.45, 7) is 5.42. The average Bonchev–Trinajstić information content (AvgIpc) is 2.74. The van der Waals surface area contributed by atoms with E-state index in [9.17, 15) is 0 Å². The molecule has 1 aliphatic rings. The minimum absolute atomic E-state index is 0.421. The van der Waals surface area contributed by atoms with E-state index in [-0.39, 0.29) is 0 Å². The summed E-state index contributed by atoms with van der Waals surface area (Å²) in [5, 5.41) is 11.6. The highest BCUT2D eigenvalue weighted by Crippen LogP contribution is 2.22. The highest BCUT2D eigenvalue weighted by molar-refractivity contribution is 4.98. The first kappa shape index (κ1) is 8.69. The molecule has 1 unspecified atom stereocenters. The molecule has 1 aliphatic heterocycles. The maximum absolute atomic E-state index is 4.17. The Morgan fingerprint density at radius 1 is 1.62 bits per heavy atom. The monoisotopic (exact) mass is 180 g/mol. The molecule has 13 heavy (non-hydrogen) atoms. The fourth-order valence-electron chi connectivity index (χ4n) is 1.80. The highest BCUT2D eigenvalue weighted by Gasteiger charge is 2.21. The third kappa shape index (κ3) is 1.58. The lowest BCUT2D eigenvalue weighted by atomic mass is 10.2. The molecule has 1 saturated heterocycles. The largest absolute Gasteiger partial charge is 0.314 e. The van der Waals surface area contributed by atoms with E-state index in [1.807, 2.05) is 6.33 Å². The first-order valence-corrected chi connectivity index (χ1v) is 4.92. The van der Waals surface area contributed by atoms with Crippen LogP contribution in [-0.2, 0) is 0 Å². The molecule has 0 aromatic carbocycles. The lowest BCUT2D eigenvalue weighted by Crippen LogP contribution is -2.18. The molecule has 0 radical (unpaired) electrons. The topological polar surface area (TPSA) is 42.7 Å². The third-order valence-corrected chi connectivity index (χ3v) is 2.53. The number of hydrogen-bond donors (Lipinski definition) is 1. The zero-order valence-electron chi connectivity index (χ0n) is 8.20. The molecule has 0 amide bonds. The van der Waals surface area contributed by atoms with Crippen molar-refractivity contribution in [2.75, 3.05) is 6.54 Å². The van der Waals surface area contributed by atoms with Gasteiger partial charge in [0, 0.05) is 6.04 Å². The summed E-state index contributed by atoms with van der Waals surface area (Å²) >= 11 is 0. The summed E-state index contributed by atoms with van der Waals surface area (Å²) in [6, 6.07) is 0.872. The van der Waals surface area contributed by atoms with E-state index in [0.29, 0.717) is 12.1 Å². The van der Waals surface area contributed by atoms with Crippen LogP contribution >= 0.6 is 0 Å². The number of nitrogens with one attached hydrogen (secondary N) is 1. The maximum atomic E-state index is 4.17. The van der Waals surface area contributed by atoms with Crippen LogP contribution < -0.4 is 5.32 Å². The van der Waals surface area contributed by atoms with Crippen LogP contribution in [0.4, 0.5) is 0 Å². The van der Waals surface area contributed by atoms with Gasteiger partial charge in [-0.05, 0) is 33.2 Å². The second kappa shape index (κ2) is 3.46. The van der Waals surface area contributed by atoms with E-state index in [1.54, 1.807) is 0 Å². The predicted molar refractivity (Wildman–Crippen MR) is 50.4 cm³/mol. The van der Waals surface area contributed by atoms with E-state index in [0.717, 1.165) is 12.4 Å². The van der Waals surface area contributed by atoms with Crippen LogP contribution in [0, 0.1) is 0 Å². The van der Waals surface area contributed by atoms with Crippen molar-refractivity contribution in [3.63, 3.8) is 0 Å². The highest BCUT2D eigenvalue weighted by atomic mass is 15.3. The first-order valence-electron chi connectivity index (χ1n) is 4.92. The van der Waals surface area contributed by atoms with E-state index < -0.39 is 0 Å². The third-order valence-electron chi connectivity index (χ3n) is 2.53. The van der Waals surface area contributed by atoms with Crippen molar-refractivity contribution in [1.82, 2.24) is 20.1 Å². The van der Waals surface area contributed by atoms with Gasteiger partial charge in [-0.1, -0.05) is 0 Å². The van der Waals surface area contributed by atoms with Gasteiger partial charge in [-0.25, -0.2) is 0 Å². The van der Waals surface area contributed by atoms with Gasteiger partial charge in [0.15, 0.2) is 0 Å². The van der Waals surface area contributed by atoms with Gasteiger partial charge in [0.05, 0.1) is 6.04 Å². The zero-order chi connectivity index (χ0) is 9.26. The van der Waals surface area contributed by atoms with Crippen LogP contribution in [0.3, 0.4) is 0 Å². The molecule has 4 heteroatoms. The smallest absolute Gasteiger partial charge is 0.150 e. The predicted octanol–water partition coefficient (Wildman–Crippen LogP) is 1.28. The Kier molecular flexibility index (Phi) is 2.31. The van der Waals surface area contributed by atoms with Crippen molar-refractivity contribution in [2.24, 2.45) is 0 Å². The minimum Gasteiger partial charge on any atom is -0.314 e. The molecule has 72 valence electrons. The van der Waals surface area contributed by atoms with Crippen LogP contribution in [0.2, 0.25) is 0 Å². The van der Waals surface area contributed by atoms with Gasteiger partial charge in [-0.2, -0.15) is 0 Å². The molecule has 1 aromatic rings. The van der Waals surface area contributed by atoms with Gasteiger partial charge in [0.25, 0.3) is 0 Å². The normalized spacial score (nSPS) is 22.8. The molecule has 0 spiro atoms. The molecule has 4 nitrogen and oxygen atoms in total. The maximum Gasteiger partial charge on any atom is 0.150 e. The van der Waals surface area contributed by atoms with E-state index in [2.05, 4.69) is 33.9 Å². The minimum atomic E-state index is 0.421. The zero-order valence-corrected chi connectivity index (χ0v) is 8.20. The molecule has 1 atom stereocenters. The molecule has 0 bridgehead atoms. The van der Waals surface area contributed by atoms with Gasteiger partial charge in [-0.15, -0.1) is 10.2 Å². The number of rotatable bonds is 2. The van der Waals surface area contributed by atoms with Crippen LogP contribution in [0.15, 0.2) is 6.33 Å². The van der Waals surface area contributed by atoms with Crippen molar-refractivity contribution >= 4 is 0 Å². The Morgan fingerprint density at radius 3 is 3.08 bits per heavy atom. The van der Waals surface area contributed by atoms with Gasteiger partial charge < -0.3 is 9.88 Å². The fourth-order valence-corrected chi connectivity index (χ4v) is 1.80. The van der Waals surface area contributed by atoms with Crippen molar-refractivity contribution in [3.8, 4) is 0 Å². The lowest BCUT2D eigenvalue weighted by Gasteiger charge is -2.14. The molecule has 1 fully saturated rings. The van der Waals surface area contributed by atoms with Gasteiger partial charge in [-0.3, -0.25) is 0 Å². The SMILES string of the molecule is CC(C)n1cnnc1C1CCCN1. The van der Waals surface area contributed by atoms with Crippen LogP contribution in [-0.4, -0.2) is 21.3 Å². The molecule has 0 saturated carbocycles. The van der Waals surface area contributed by atoms with E-state index >= 15 is 0 Å². The van der Waals surface area contributed by atoms with Gasteiger partial charge >= 0.3 is 0 Å². The Labute approximate surface area is 78.4 Å². The Hall–Kier alpha value is -0.900. The Bertz CT molecular complexity index is 273. The van der Waals surface area contributed by atoms with Crippen molar-refractivity contribution in [3.05, 3.63) is 12.2 Å². The molecule has 2 rings (SSSR count). The molecule has 1 N–H and O–H groups in total. The second-order valence-corrected chi connectivity index (χ2v) is 3.84. The van der Waals surface area contributed by atoms with Gasteiger partial charge in [0.1, 0.15) is 12.2 Å². The standard InChI is InChI=1S/C9H16N4/c1-7(2)13-6-11-12-9(13)8-4-3-5-10-8/h6-8,10H,3-5H2,1-2H3. The van der Waals surface area contributed by atoms with E-state index in [1.165, 1.54) is 12.8 Å². The lowest BCUT2D eigenvalue weighted by molar-refractivity contribution is 0.507. The average molecular weight is 180 g/mol. The van der Waals surface area contributed by atoms with Crippen molar-refractivity contribution < 1.29 is 0 Å². The summed E-state index contributed by atoms with van der Waals surface area (Å²) < 4.78 is 2.14. The van der Waals surface area contributed by atoms with Crippen LogP contribution in [0.25, 0.3) is 0 Å². The number of hydrogen-bond acceptors (Lipinski definition) is 3. The Balaban J connectivity index is 2.23. The molecule has 0 aliphatic carbocycles. The quantitative estimate of drug-likeness (QED) is 0.745. The molecular weight excluding hydrogens is 164 g/mol. The molecular formula is C9H16N4. The fraction of sp³-hybridized carbons (Fsp3) is 0.778. The van der Waals surface area contributed by atoms with E-state index in [4.69, 9.17) is 0 Å². The van der Waals surface area contributed by atoms with Crippen LogP contribution in [0.1, 0.15) is 44.6 Å². The summed E-state index contributed by atoms with van der Waals surface area (Å²) in [6.07, 6.45) is 4.25. The summed E-state index contributed by atoms with van der Waals surface area (Å²) in [4.78, 5) is 0. The van der Waals surface area contributed by atoms with Gasteiger partial charge in [0.2, 0.25) is 0 Å². The number of nitrogens with zero attached hydrogens (tertiary/aromatic N) is 3. The second-order valence-electron chi connectivity index (χ2n) is 3.84. The van der Waals surface area contributed by atoms with Crippen molar-refractivity contribution in [1.29, 1.82) is 0 Å². The summed E-state index contributed by atoms with van der Waals surface area (Å²) in [5.74, 6) is 1.09. The number of aromatic nitrogens is 3. The molecule has 1 aromatic heterocycles. The summed E-state index contributed by atoms with van der Waals surface area (Å²) in [7, 11) is 0. The molecule has 2 heterocycles.